The number of nitrogens with one attached hydrogen (secondary N) is 1. The average molecular weight is 403 g/mol. The molecule has 0 spiro atoms. The summed E-state index contributed by atoms with van der Waals surface area (Å²) in [5, 5.41) is 2.74. The number of thioether (sulfide) groups is 1. The highest BCUT2D eigenvalue weighted by atomic mass is 32.2. The van der Waals surface area contributed by atoms with Crippen molar-refractivity contribution in [3.05, 3.63) is 65.5 Å². The molecule has 2 rings (SSSR count). The van der Waals surface area contributed by atoms with Gasteiger partial charge in [-0.3, -0.25) is 9.59 Å². The van der Waals surface area contributed by atoms with Crippen LogP contribution in [0.5, 0.6) is 0 Å². The monoisotopic (exact) mass is 402 g/mol. The Hall–Kier alpha value is -2.34. The summed E-state index contributed by atoms with van der Waals surface area (Å²) >= 11 is 1.49. The molecule has 0 bridgehead atoms. The van der Waals surface area contributed by atoms with Gasteiger partial charge in [0.15, 0.2) is 0 Å². The highest BCUT2D eigenvalue weighted by Crippen LogP contribution is 2.16. The number of hydrogen-bond donors (Lipinski definition) is 1. The van der Waals surface area contributed by atoms with E-state index in [0.29, 0.717) is 22.8 Å². The topological polar surface area (TPSA) is 49.4 Å². The van der Waals surface area contributed by atoms with Crippen molar-refractivity contribution in [2.24, 2.45) is 0 Å². The van der Waals surface area contributed by atoms with Crippen LogP contribution in [-0.2, 0) is 10.5 Å². The zero-order valence-corrected chi connectivity index (χ0v) is 17.2. The number of anilines is 1. The van der Waals surface area contributed by atoms with Crippen LogP contribution >= 0.6 is 11.8 Å². The van der Waals surface area contributed by atoms with Crippen LogP contribution in [0.25, 0.3) is 0 Å². The molecule has 0 atom stereocenters. The molecule has 0 saturated carbocycles. The third-order valence-corrected chi connectivity index (χ3v) is 5.11. The van der Waals surface area contributed by atoms with Gasteiger partial charge in [-0.1, -0.05) is 26.0 Å². The Morgan fingerprint density at radius 3 is 2.14 bits per heavy atom. The molecule has 0 saturated heterocycles. The van der Waals surface area contributed by atoms with E-state index in [0.717, 1.165) is 31.5 Å². The van der Waals surface area contributed by atoms with Crippen LogP contribution in [0, 0.1) is 5.82 Å². The molecular weight excluding hydrogens is 375 g/mol. The van der Waals surface area contributed by atoms with Gasteiger partial charge in [0.05, 0.1) is 5.75 Å². The third kappa shape index (κ3) is 7.00. The summed E-state index contributed by atoms with van der Waals surface area (Å²) in [6.45, 7) is 5.69. The summed E-state index contributed by atoms with van der Waals surface area (Å²) in [5.41, 5.74) is 2.34. The van der Waals surface area contributed by atoms with Crippen molar-refractivity contribution < 1.29 is 14.0 Å². The van der Waals surface area contributed by atoms with Gasteiger partial charge in [-0.15, -0.1) is 11.8 Å². The van der Waals surface area contributed by atoms with E-state index in [1.54, 1.807) is 0 Å². The maximum atomic E-state index is 12.9. The molecular formula is C22H27FN2O2S. The van der Waals surface area contributed by atoms with Crippen molar-refractivity contribution in [1.29, 1.82) is 0 Å². The molecule has 150 valence electrons. The highest BCUT2D eigenvalue weighted by Gasteiger charge is 2.14. The third-order valence-electron chi connectivity index (χ3n) is 4.11. The van der Waals surface area contributed by atoms with E-state index < -0.39 is 0 Å². The Labute approximate surface area is 170 Å². The predicted molar refractivity (Wildman–Crippen MR) is 114 cm³/mol. The van der Waals surface area contributed by atoms with Gasteiger partial charge in [-0.25, -0.2) is 4.39 Å². The number of amides is 2. The predicted octanol–water partition coefficient (Wildman–Crippen LogP) is 4.96. The van der Waals surface area contributed by atoms with Crippen molar-refractivity contribution in [2.45, 2.75) is 32.4 Å². The number of carbonyl (C=O) groups excluding carboxylic acids is 2. The lowest BCUT2D eigenvalue weighted by Gasteiger charge is -2.21. The van der Waals surface area contributed by atoms with Crippen LogP contribution in [0.2, 0.25) is 0 Å². The lowest BCUT2D eigenvalue weighted by atomic mass is 10.1. The first-order valence-electron chi connectivity index (χ1n) is 9.54. The van der Waals surface area contributed by atoms with Gasteiger partial charge in [0.25, 0.3) is 5.91 Å². The fourth-order valence-electron chi connectivity index (χ4n) is 2.77. The molecule has 28 heavy (non-hydrogen) atoms. The smallest absolute Gasteiger partial charge is 0.253 e. The Balaban J connectivity index is 1.81. The van der Waals surface area contributed by atoms with Gasteiger partial charge in [0, 0.05) is 30.1 Å². The molecule has 0 heterocycles. The standard InChI is InChI=1S/C22H27FN2O2S/c1-3-13-25(14-4-2)22(27)18-7-5-17(6-8-18)15-28-16-21(26)24-20-11-9-19(23)10-12-20/h5-12H,3-4,13-16H2,1-2H3,(H,24,26). The van der Waals surface area contributed by atoms with Crippen molar-refractivity contribution in [3.8, 4) is 0 Å². The quantitative estimate of drug-likeness (QED) is 0.611. The first kappa shape index (κ1) is 22.0. The average Bonchev–Trinajstić information content (AvgIpc) is 2.69. The van der Waals surface area contributed by atoms with Crippen LogP contribution in [0.1, 0.15) is 42.6 Å². The zero-order chi connectivity index (χ0) is 20.4. The van der Waals surface area contributed by atoms with Crippen LogP contribution in [0.3, 0.4) is 0 Å². The molecule has 0 aromatic heterocycles. The Morgan fingerprint density at radius 2 is 1.57 bits per heavy atom. The summed E-state index contributed by atoms with van der Waals surface area (Å²) in [6.07, 6.45) is 1.89. The molecule has 0 aliphatic carbocycles. The lowest BCUT2D eigenvalue weighted by molar-refractivity contribution is -0.113. The fraction of sp³-hybridized carbons (Fsp3) is 0.364. The van der Waals surface area contributed by atoms with E-state index in [2.05, 4.69) is 19.2 Å². The summed E-state index contributed by atoms with van der Waals surface area (Å²) in [5.74, 6) is 0.596. The van der Waals surface area contributed by atoms with Crippen LogP contribution in [-0.4, -0.2) is 35.6 Å². The van der Waals surface area contributed by atoms with Crippen molar-refractivity contribution in [2.75, 3.05) is 24.2 Å². The van der Waals surface area contributed by atoms with Crippen LogP contribution in [0.15, 0.2) is 48.5 Å². The molecule has 2 aromatic rings. The van der Waals surface area contributed by atoms with Gasteiger partial charge < -0.3 is 10.2 Å². The lowest BCUT2D eigenvalue weighted by Crippen LogP contribution is -2.32. The van der Waals surface area contributed by atoms with Gasteiger partial charge >= 0.3 is 0 Å². The van der Waals surface area contributed by atoms with Gasteiger partial charge in [0.1, 0.15) is 5.82 Å². The van der Waals surface area contributed by atoms with E-state index in [1.807, 2.05) is 29.2 Å². The molecule has 1 N–H and O–H groups in total. The van der Waals surface area contributed by atoms with E-state index >= 15 is 0 Å². The minimum Gasteiger partial charge on any atom is -0.339 e. The first-order chi connectivity index (χ1) is 13.5. The second kappa shape index (κ2) is 11.5. The van der Waals surface area contributed by atoms with Gasteiger partial charge in [-0.05, 0) is 54.8 Å². The molecule has 0 unspecified atom stereocenters. The van der Waals surface area contributed by atoms with Crippen molar-refractivity contribution >= 4 is 29.3 Å². The maximum Gasteiger partial charge on any atom is 0.253 e. The largest absolute Gasteiger partial charge is 0.339 e. The maximum absolute atomic E-state index is 12.9. The number of rotatable bonds is 10. The van der Waals surface area contributed by atoms with E-state index in [9.17, 15) is 14.0 Å². The summed E-state index contributed by atoms with van der Waals surface area (Å²) in [6, 6.07) is 13.3. The SMILES string of the molecule is CCCN(CCC)C(=O)c1ccc(CSCC(=O)Nc2ccc(F)cc2)cc1. The second-order valence-corrected chi connectivity index (χ2v) is 7.52. The molecule has 0 aliphatic heterocycles. The van der Waals surface area contributed by atoms with Gasteiger partial charge in [-0.2, -0.15) is 0 Å². The number of carbonyl (C=O) groups is 2. The Morgan fingerprint density at radius 1 is 0.964 bits per heavy atom. The van der Waals surface area contributed by atoms with E-state index in [1.165, 1.54) is 36.0 Å². The summed E-state index contributed by atoms with van der Waals surface area (Å²) in [7, 11) is 0. The van der Waals surface area contributed by atoms with Crippen LogP contribution in [0.4, 0.5) is 10.1 Å². The van der Waals surface area contributed by atoms with E-state index in [4.69, 9.17) is 0 Å². The van der Waals surface area contributed by atoms with Crippen LogP contribution < -0.4 is 5.32 Å². The molecule has 6 heteroatoms. The van der Waals surface area contributed by atoms with E-state index in [-0.39, 0.29) is 17.6 Å². The summed E-state index contributed by atoms with van der Waals surface area (Å²) in [4.78, 5) is 26.4. The second-order valence-electron chi connectivity index (χ2n) is 6.54. The van der Waals surface area contributed by atoms with Crippen molar-refractivity contribution in [3.63, 3.8) is 0 Å². The summed E-state index contributed by atoms with van der Waals surface area (Å²) < 4.78 is 12.9. The fourth-order valence-corrected chi connectivity index (χ4v) is 3.56. The first-order valence-corrected chi connectivity index (χ1v) is 10.7. The number of hydrogen-bond acceptors (Lipinski definition) is 3. The minimum absolute atomic E-state index is 0.0709. The molecule has 4 nitrogen and oxygen atoms in total. The number of benzene rings is 2. The molecule has 0 aliphatic rings. The molecule has 0 radical (unpaired) electrons. The molecule has 2 aromatic carbocycles. The minimum atomic E-state index is -0.332. The highest BCUT2D eigenvalue weighted by molar-refractivity contribution is 7.99. The van der Waals surface area contributed by atoms with Crippen molar-refractivity contribution in [1.82, 2.24) is 4.90 Å². The zero-order valence-electron chi connectivity index (χ0n) is 16.4. The Bertz CT molecular complexity index is 757. The Kier molecular flexibility index (Phi) is 9.01. The van der Waals surface area contributed by atoms with Gasteiger partial charge in [0.2, 0.25) is 5.91 Å². The number of halogens is 1. The number of nitrogens with zero attached hydrogens (tertiary/aromatic N) is 1. The molecule has 0 fully saturated rings. The molecule has 2 amide bonds. The normalized spacial score (nSPS) is 10.5.